The first-order valence-corrected chi connectivity index (χ1v) is 7.76. The summed E-state index contributed by atoms with van der Waals surface area (Å²) < 4.78 is 1.51. The molecule has 0 spiro atoms. The quantitative estimate of drug-likeness (QED) is 0.692. The first kappa shape index (κ1) is 12.5. The molecule has 0 bridgehead atoms. The molecule has 5 nitrogen and oxygen atoms in total. The Morgan fingerprint density at radius 1 is 1.24 bits per heavy atom. The molecule has 3 aromatic rings. The second-order valence-corrected chi connectivity index (χ2v) is 6.21. The van der Waals surface area contributed by atoms with E-state index in [1.807, 2.05) is 11.0 Å². The summed E-state index contributed by atoms with van der Waals surface area (Å²) in [5.41, 5.74) is 0.490. The molecule has 0 aliphatic carbocycles. The van der Waals surface area contributed by atoms with Crippen LogP contribution in [0.5, 0.6) is 0 Å². The number of thiophene rings is 1. The number of carbonyl (C=O) groups is 1. The maximum Gasteiger partial charge on any atom is 0.266 e. The predicted molar refractivity (Wildman–Crippen MR) is 82.0 cm³/mol. The van der Waals surface area contributed by atoms with Crippen LogP contribution < -0.4 is 5.56 Å². The topological polar surface area (TPSA) is 54.7 Å². The van der Waals surface area contributed by atoms with Crippen LogP contribution in [-0.2, 0) is 0 Å². The fourth-order valence-corrected chi connectivity index (χ4v) is 3.73. The lowest BCUT2D eigenvalue weighted by Gasteiger charge is -2.12. The maximum absolute atomic E-state index is 12.4. The third-order valence-electron chi connectivity index (χ3n) is 3.82. The number of hydrogen-bond acceptors (Lipinski definition) is 4. The van der Waals surface area contributed by atoms with E-state index in [1.165, 1.54) is 15.7 Å². The van der Waals surface area contributed by atoms with Crippen LogP contribution in [0.4, 0.5) is 0 Å². The molecule has 1 amide bonds. The van der Waals surface area contributed by atoms with Gasteiger partial charge in [-0.2, -0.15) is 0 Å². The lowest BCUT2D eigenvalue weighted by molar-refractivity contribution is 0.0797. The van der Waals surface area contributed by atoms with Crippen molar-refractivity contribution in [3.05, 3.63) is 45.7 Å². The number of amides is 1. The van der Waals surface area contributed by atoms with Gasteiger partial charge >= 0.3 is 0 Å². The zero-order valence-corrected chi connectivity index (χ0v) is 12.1. The number of pyridine rings is 1. The van der Waals surface area contributed by atoms with Gasteiger partial charge in [-0.15, -0.1) is 11.3 Å². The monoisotopic (exact) mass is 299 g/mol. The molecule has 21 heavy (non-hydrogen) atoms. The summed E-state index contributed by atoms with van der Waals surface area (Å²) in [6.45, 7) is 1.61. The highest BCUT2D eigenvalue weighted by atomic mass is 32.1. The van der Waals surface area contributed by atoms with Crippen molar-refractivity contribution in [3.8, 4) is 0 Å². The third-order valence-corrected chi connectivity index (χ3v) is 4.84. The normalized spacial score (nSPS) is 15.1. The van der Waals surface area contributed by atoms with Gasteiger partial charge in [0.2, 0.25) is 0 Å². The molecule has 1 aliphatic heterocycles. The summed E-state index contributed by atoms with van der Waals surface area (Å²) in [5, 5.41) is 0.520. The summed E-state index contributed by atoms with van der Waals surface area (Å²) in [6.07, 6.45) is 3.81. The molecule has 6 heteroatoms. The van der Waals surface area contributed by atoms with E-state index < -0.39 is 0 Å². The number of nitrogens with zero attached hydrogens (tertiary/aromatic N) is 3. The van der Waals surface area contributed by atoms with E-state index in [2.05, 4.69) is 4.98 Å². The molecule has 106 valence electrons. The molecule has 1 fully saturated rings. The van der Waals surface area contributed by atoms with E-state index in [9.17, 15) is 9.59 Å². The van der Waals surface area contributed by atoms with E-state index >= 15 is 0 Å². The van der Waals surface area contributed by atoms with Gasteiger partial charge in [0.05, 0.1) is 10.3 Å². The Morgan fingerprint density at radius 2 is 2.05 bits per heavy atom. The summed E-state index contributed by atoms with van der Waals surface area (Å²) in [4.78, 5) is 32.4. The Labute approximate surface area is 124 Å². The molecule has 3 aromatic heterocycles. The van der Waals surface area contributed by atoms with Crippen molar-refractivity contribution in [2.24, 2.45) is 0 Å². The molecule has 0 N–H and O–H groups in total. The number of hydrogen-bond donors (Lipinski definition) is 0. The molecule has 1 saturated heterocycles. The Balaban J connectivity index is 1.89. The number of carbonyl (C=O) groups excluding carboxylic acids is 1. The third kappa shape index (κ3) is 1.94. The van der Waals surface area contributed by atoms with Gasteiger partial charge in [-0.3, -0.25) is 14.0 Å². The highest BCUT2D eigenvalue weighted by Gasteiger charge is 2.22. The van der Waals surface area contributed by atoms with Crippen molar-refractivity contribution in [1.82, 2.24) is 14.3 Å². The highest BCUT2D eigenvalue weighted by molar-refractivity contribution is 7.20. The van der Waals surface area contributed by atoms with Crippen LogP contribution >= 0.6 is 11.3 Å². The molecule has 0 radical (unpaired) electrons. The Bertz CT molecular complexity index is 906. The second-order valence-electron chi connectivity index (χ2n) is 5.17. The van der Waals surface area contributed by atoms with Gasteiger partial charge < -0.3 is 4.90 Å². The minimum Gasteiger partial charge on any atom is -0.338 e. The van der Waals surface area contributed by atoms with Gasteiger partial charge in [0.1, 0.15) is 10.5 Å². The molecular weight excluding hydrogens is 286 g/mol. The molecular formula is C15H13N3O2S. The van der Waals surface area contributed by atoms with E-state index in [0.717, 1.165) is 25.9 Å². The molecule has 0 atom stereocenters. The van der Waals surface area contributed by atoms with Crippen molar-refractivity contribution < 1.29 is 4.79 Å². The van der Waals surface area contributed by atoms with E-state index in [1.54, 1.807) is 24.4 Å². The first-order chi connectivity index (χ1) is 10.2. The van der Waals surface area contributed by atoms with Crippen LogP contribution in [0.2, 0.25) is 0 Å². The number of likely N-dealkylation sites (tertiary alicyclic amines) is 1. The fourth-order valence-electron chi connectivity index (χ4n) is 2.73. The van der Waals surface area contributed by atoms with Crippen LogP contribution in [0, 0.1) is 0 Å². The Kier molecular flexibility index (Phi) is 2.78. The zero-order valence-electron chi connectivity index (χ0n) is 11.3. The fraction of sp³-hybridized carbons (Fsp3) is 0.267. The standard InChI is InChI=1S/C15H13N3O2S/c19-14-10-9-11(15(20)17-6-3-4-7-17)21-13(10)16-12-5-1-2-8-18(12)14/h1-2,5,8-9H,3-4,6-7H2. The van der Waals surface area contributed by atoms with E-state index in [4.69, 9.17) is 0 Å². The largest absolute Gasteiger partial charge is 0.338 e. The van der Waals surface area contributed by atoms with Crippen LogP contribution in [0.25, 0.3) is 15.9 Å². The Morgan fingerprint density at radius 3 is 2.86 bits per heavy atom. The molecule has 4 rings (SSSR count). The van der Waals surface area contributed by atoms with Gasteiger partial charge in [0, 0.05) is 19.3 Å². The van der Waals surface area contributed by atoms with Crippen LogP contribution in [-0.4, -0.2) is 33.3 Å². The summed E-state index contributed by atoms with van der Waals surface area (Å²) >= 11 is 1.31. The minimum atomic E-state index is -0.118. The minimum absolute atomic E-state index is 0.0176. The van der Waals surface area contributed by atoms with Gasteiger partial charge in [-0.1, -0.05) is 6.07 Å². The van der Waals surface area contributed by atoms with Crippen molar-refractivity contribution >= 4 is 33.1 Å². The summed E-state index contributed by atoms with van der Waals surface area (Å²) in [7, 11) is 0. The predicted octanol–water partition coefficient (Wildman–Crippen LogP) is 2.15. The molecule has 4 heterocycles. The van der Waals surface area contributed by atoms with Gasteiger partial charge in [0.15, 0.2) is 0 Å². The summed E-state index contributed by atoms with van der Waals surface area (Å²) in [5.74, 6) is 0.0176. The van der Waals surface area contributed by atoms with Gasteiger partial charge in [0.25, 0.3) is 11.5 Å². The zero-order chi connectivity index (χ0) is 14.4. The molecule has 0 unspecified atom stereocenters. The van der Waals surface area contributed by atoms with E-state index in [0.29, 0.717) is 20.7 Å². The first-order valence-electron chi connectivity index (χ1n) is 6.94. The average molecular weight is 299 g/mol. The van der Waals surface area contributed by atoms with Crippen molar-refractivity contribution in [2.45, 2.75) is 12.8 Å². The smallest absolute Gasteiger partial charge is 0.266 e. The van der Waals surface area contributed by atoms with E-state index in [-0.39, 0.29) is 11.5 Å². The van der Waals surface area contributed by atoms with Crippen molar-refractivity contribution in [3.63, 3.8) is 0 Å². The Hall–Kier alpha value is -2.21. The van der Waals surface area contributed by atoms with Crippen LogP contribution in [0.3, 0.4) is 0 Å². The van der Waals surface area contributed by atoms with Gasteiger partial charge in [-0.05, 0) is 31.0 Å². The average Bonchev–Trinajstić information content (AvgIpc) is 3.16. The number of aromatic nitrogens is 2. The van der Waals surface area contributed by atoms with Gasteiger partial charge in [-0.25, -0.2) is 4.98 Å². The molecule has 1 aliphatic rings. The summed E-state index contributed by atoms with van der Waals surface area (Å²) in [6, 6.07) is 7.13. The SMILES string of the molecule is O=C(c1cc2c(=O)n3ccccc3nc2s1)N1CCCC1. The number of fused-ring (bicyclic) bond motifs is 2. The maximum atomic E-state index is 12.4. The van der Waals surface area contributed by atoms with Crippen molar-refractivity contribution in [2.75, 3.05) is 13.1 Å². The van der Waals surface area contributed by atoms with Crippen molar-refractivity contribution in [1.29, 1.82) is 0 Å². The highest BCUT2D eigenvalue weighted by Crippen LogP contribution is 2.24. The lowest BCUT2D eigenvalue weighted by atomic mass is 10.3. The second kappa shape index (κ2) is 4.66. The molecule has 0 aromatic carbocycles. The van der Waals surface area contributed by atoms with Crippen LogP contribution in [0.1, 0.15) is 22.5 Å². The number of rotatable bonds is 1. The lowest BCUT2D eigenvalue weighted by Crippen LogP contribution is -2.26. The molecule has 0 saturated carbocycles. The van der Waals surface area contributed by atoms with Crippen LogP contribution in [0.15, 0.2) is 35.3 Å².